The van der Waals surface area contributed by atoms with Gasteiger partial charge < -0.3 is 10.8 Å². The Bertz CT molecular complexity index is 583. The molecule has 7 heteroatoms. The van der Waals surface area contributed by atoms with Gasteiger partial charge in [-0.2, -0.15) is 18.3 Å². The Morgan fingerprint density at radius 1 is 1.14 bits per heavy atom. The van der Waals surface area contributed by atoms with Gasteiger partial charge in [0.25, 0.3) is 0 Å². The molecule has 0 bridgehead atoms. The van der Waals surface area contributed by atoms with Crippen LogP contribution in [0.15, 0.2) is 42.6 Å². The molecule has 0 radical (unpaired) electrons. The number of nitrogens with zero attached hydrogens (tertiary/aromatic N) is 2. The number of hydrogen-bond donors (Lipinski definition) is 2. The quantitative estimate of drug-likeness (QED) is 0.889. The van der Waals surface area contributed by atoms with Gasteiger partial charge in [-0.05, 0) is 18.1 Å². The Kier molecular flexibility index (Phi) is 4.34. The van der Waals surface area contributed by atoms with Gasteiger partial charge in [0.15, 0.2) is 5.69 Å². The minimum atomic E-state index is -4.46. The van der Waals surface area contributed by atoms with E-state index >= 15 is 0 Å². The van der Waals surface area contributed by atoms with Gasteiger partial charge in [-0.25, -0.2) is 0 Å². The molecule has 0 spiro atoms. The van der Waals surface area contributed by atoms with Gasteiger partial charge in [-0.15, -0.1) is 0 Å². The summed E-state index contributed by atoms with van der Waals surface area (Å²) in [5.41, 5.74) is 4.93. The summed E-state index contributed by atoms with van der Waals surface area (Å²) in [4.78, 5) is 0. The first kappa shape index (κ1) is 15.5. The summed E-state index contributed by atoms with van der Waals surface area (Å²) in [7, 11) is 0. The lowest BCUT2D eigenvalue weighted by Crippen LogP contribution is -2.41. The second kappa shape index (κ2) is 5.87. The first-order chi connectivity index (χ1) is 9.85. The molecule has 1 heterocycles. The number of aliphatic hydroxyl groups is 1. The van der Waals surface area contributed by atoms with Crippen molar-refractivity contribution in [2.75, 3.05) is 6.61 Å². The van der Waals surface area contributed by atoms with E-state index in [2.05, 4.69) is 5.10 Å². The van der Waals surface area contributed by atoms with Crippen LogP contribution >= 0.6 is 0 Å². The first-order valence-corrected chi connectivity index (χ1v) is 6.41. The van der Waals surface area contributed by atoms with Crippen LogP contribution in [0.1, 0.15) is 17.7 Å². The highest BCUT2D eigenvalue weighted by Crippen LogP contribution is 2.28. The van der Waals surface area contributed by atoms with Crippen molar-refractivity contribution in [1.29, 1.82) is 0 Å². The van der Waals surface area contributed by atoms with Gasteiger partial charge in [-0.1, -0.05) is 30.3 Å². The largest absolute Gasteiger partial charge is 0.435 e. The number of halogens is 3. The Morgan fingerprint density at radius 3 is 2.33 bits per heavy atom. The smallest absolute Gasteiger partial charge is 0.394 e. The normalized spacial score (nSPS) is 14.9. The lowest BCUT2D eigenvalue weighted by atomic mass is 9.88. The third-order valence-electron chi connectivity index (χ3n) is 3.35. The Morgan fingerprint density at radius 2 is 1.81 bits per heavy atom. The lowest BCUT2D eigenvalue weighted by molar-refractivity contribution is -0.141. The predicted molar refractivity (Wildman–Crippen MR) is 71.2 cm³/mol. The van der Waals surface area contributed by atoms with Crippen LogP contribution in [0.2, 0.25) is 0 Å². The third kappa shape index (κ3) is 3.62. The lowest BCUT2D eigenvalue weighted by Gasteiger charge is -2.27. The van der Waals surface area contributed by atoms with E-state index in [-0.39, 0.29) is 19.6 Å². The van der Waals surface area contributed by atoms with Gasteiger partial charge >= 0.3 is 6.18 Å². The van der Waals surface area contributed by atoms with Crippen molar-refractivity contribution in [3.63, 3.8) is 0 Å². The van der Waals surface area contributed by atoms with Gasteiger partial charge in [0.1, 0.15) is 0 Å². The van der Waals surface area contributed by atoms with Crippen LogP contribution in [0.3, 0.4) is 0 Å². The zero-order valence-electron chi connectivity index (χ0n) is 11.2. The van der Waals surface area contributed by atoms with E-state index in [4.69, 9.17) is 5.73 Å². The highest BCUT2D eigenvalue weighted by atomic mass is 19.4. The average Bonchev–Trinajstić information content (AvgIpc) is 2.95. The molecule has 0 saturated heterocycles. The number of hydrogen-bond acceptors (Lipinski definition) is 3. The summed E-state index contributed by atoms with van der Waals surface area (Å²) in [5, 5.41) is 13.0. The Balaban J connectivity index is 2.09. The fourth-order valence-corrected chi connectivity index (χ4v) is 2.04. The molecule has 1 atom stereocenters. The van der Waals surface area contributed by atoms with E-state index in [9.17, 15) is 18.3 Å². The van der Waals surface area contributed by atoms with Gasteiger partial charge in [0.2, 0.25) is 0 Å². The monoisotopic (exact) mass is 299 g/mol. The van der Waals surface area contributed by atoms with Crippen LogP contribution in [-0.4, -0.2) is 21.5 Å². The zero-order chi connectivity index (χ0) is 15.5. The molecule has 1 aromatic heterocycles. The van der Waals surface area contributed by atoms with Crippen molar-refractivity contribution >= 4 is 0 Å². The first-order valence-electron chi connectivity index (χ1n) is 6.41. The number of alkyl halides is 3. The molecule has 21 heavy (non-hydrogen) atoms. The summed E-state index contributed by atoms with van der Waals surface area (Å²) in [5.74, 6) is 0. The van der Waals surface area contributed by atoms with Crippen LogP contribution in [-0.2, 0) is 18.3 Å². The molecule has 0 aliphatic rings. The van der Waals surface area contributed by atoms with Crippen LogP contribution in [0.5, 0.6) is 0 Å². The maximum atomic E-state index is 12.5. The summed E-state index contributed by atoms with van der Waals surface area (Å²) in [6.07, 6.45) is -2.93. The van der Waals surface area contributed by atoms with Gasteiger partial charge in [-0.3, -0.25) is 4.68 Å². The molecule has 0 aliphatic carbocycles. The van der Waals surface area contributed by atoms with Crippen LogP contribution < -0.4 is 5.73 Å². The van der Waals surface area contributed by atoms with E-state index in [0.717, 1.165) is 11.6 Å². The number of aryl methyl sites for hydroxylation is 1. The highest BCUT2D eigenvalue weighted by molar-refractivity contribution is 5.23. The fourth-order valence-electron chi connectivity index (χ4n) is 2.04. The third-order valence-corrected chi connectivity index (χ3v) is 3.35. The van der Waals surface area contributed by atoms with E-state index in [1.165, 1.54) is 10.9 Å². The molecule has 0 fully saturated rings. The molecule has 0 amide bonds. The number of rotatable bonds is 5. The van der Waals surface area contributed by atoms with E-state index < -0.39 is 17.4 Å². The Labute approximate surface area is 120 Å². The topological polar surface area (TPSA) is 64.1 Å². The van der Waals surface area contributed by atoms with Crippen LogP contribution in [0, 0.1) is 0 Å². The van der Waals surface area contributed by atoms with Crippen molar-refractivity contribution in [1.82, 2.24) is 9.78 Å². The molecule has 1 aromatic carbocycles. The molecule has 2 aromatic rings. The molecule has 0 aliphatic heterocycles. The van der Waals surface area contributed by atoms with Gasteiger partial charge in [0.05, 0.1) is 12.1 Å². The number of aromatic nitrogens is 2. The molecular formula is C14H16F3N3O. The summed E-state index contributed by atoms with van der Waals surface area (Å²) in [6.45, 7) is -0.119. The van der Waals surface area contributed by atoms with E-state index in [1.54, 1.807) is 24.3 Å². The van der Waals surface area contributed by atoms with Crippen molar-refractivity contribution in [3.05, 3.63) is 53.9 Å². The summed E-state index contributed by atoms with van der Waals surface area (Å²) >= 11 is 0. The molecule has 114 valence electrons. The van der Waals surface area contributed by atoms with Crippen LogP contribution in [0.4, 0.5) is 13.2 Å². The Hall–Kier alpha value is -1.86. The molecule has 1 unspecified atom stereocenters. The SMILES string of the molecule is NC(CO)(CCn1ccc(C(F)(F)F)n1)c1ccccc1. The fraction of sp³-hybridized carbons (Fsp3) is 0.357. The molecule has 4 nitrogen and oxygen atoms in total. The molecule has 0 saturated carbocycles. The summed E-state index contributed by atoms with van der Waals surface area (Å²) < 4.78 is 38.6. The molecule has 3 N–H and O–H groups in total. The van der Waals surface area contributed by atoms with E-state index in [1.807, 2.05) is 6.07 Å². The second-order valence-electron chi connectivity index (χ2n) is 4.89. The minimum Gasteiger partial charge on any atom is -0.394 e. The van der Waals surface area contributed by atoms with Crippen molar-refractivity contribution < 1.29 is 18.3 Å². The summed E-state index contributed by atoms with van der Waals surface area (Å²) in [6, 6.07) is 9.88. The average molecular weight is 299 g/mol. The molecular weight excluding hydrogens is 283 g/mol. The zero-order valence-corrected chi connectivity index (χ0v) is 11.2. The van der Waals surface area contributed by atoms with Crippen LogP contribution in [0.25, 0.3) is 0 Å². The van der Waals surface area contributed by atoms with Gasteiger partial charge in [0, 0.05) is 12.7 Å². The van der Waals surface area contributed by atoms with Crippen molar-refractivity contribution in [2.45, 2.75) is 24.7 Å². The maximum absolute atomic E-state index is 12.5. The minimum absolute atomic E-state index is 0.183. The predicted octanol–water partition coefficient (Wildman–Crippen LogP) is 2.14. The second-order valence-corrected chi connectivity index (χ2v) is 4.89. The van der Waals surface area contributed by atoms with Crippen molar-refractivity contribution in [2.24, 2.45) is 5.73 Å². The standard InChI is InChI=1S/C14H16F3N3O/c15-14(16,17)12-6-8-20(19-12)9-7-13(18,10-21)11-4-2-1-3-5-11/h1-6,8,21H,7,9-10,18H2. The van der Waals surface area contributed by atoms with E-state index in [0.29, 0.717) is 0 Å². The number of nitrogens with two attached hydrogens (primary N) is 1. The number of aliphatic hydroxyl groups excluding tert-OH is 1. The highest BCUT2D eigenvalue weighted by Gasteiger charge is 2.34. The number of benzene rings is 1. The van der Waals surface area contributed by atoms with Crippen molar-refractivity contribution in [3.8, 4) is 0 Å². The maximum Gasteiger partial charge on any atom is 0.435 e. The molecule has 2 rings (SSSR count).